The highest BCUT2D eigenvalue weighted by atomic mass is 19.1. The maximum Gasteiger partial charge on any atom is 0.247 e. The molecule has 0 radical (unpaired) electrons. The summed E-state index contributed by atoms with van der Waals surface area (Å²) in [7, 11) is 0. The van der Waals surface area contributed by atoms with Gasteiger partial charge in [-0.2, -0.15) is 0 Å². The topological polar surface area (TPSA) is 257 Å². The fourth-order valence-electron chi connectivity index (χ4n) is 5.77. The lowest BCUT2D eigenvalue weighted by atomic mass is 10.0. The number of aromatic nitrogens is 1. The number of aliphatic imine (C=N–C) groups is 1. The van der Waals surface area contributed by atoms with Crippen LogP contribution in [0.25, 0.3) is 10.9 Å². The predicted octanol–water partition coefficient (Wildman–Crippen LogP) is -0.880. The number of hydrogen-bond acceptors (Lipinski definition) is 7. The van der Waals surface area contributed by atoms with Gasteiger partial charge in [0.1, 0.15) is 23.9 Å². The molecule has 0 fully saturated rings. The van der Waals surface area contributed by atoms with Gasteiger partial charge in [0.05, 0.1) is 12.6 Å². The number of carbonyl (C=O) groups excluding carboxylic acids is 5. The zero-order chi connectivity index (χ0) is 36.4. The number of halogens is 1. The lowest BCUT2D eigenvalue weighted by Gasteiger charge is -2.28. The fraction of sp³-hybridized carbons (Fsp3) is 0.353. The maximum absolute atomic E-state index is 13.4. The number of hydrogen-bond donors (Lipinski definition) is 8. The molecular weight excluding hydrogens is 647 g/mol. The molecule has 5 amide bonds. The number of aromatic amines is 1. The molecule has 1 aliphatic heterocycles. The van der Waals surface area contributed by atoms with Crippen molar-refractivity contribution in [2.24, 2.45) is 27.9 Å². The number of nitrogens with zero attached hydrogens (tertiary/aromatic N) is 2. The van der Waals surface area contributed by atoms with E-state index in [-0.39, 0.29) is 38.3 Å². The van der Waals surface area contributed by atoms with E-state index in [4.69, 9.17) is 22.9 Å². The molecule has 2 aromatic carbocycles. The molecule has 0 saturated heterocycles. The van der Waals surface area contributed by atoms with Crippen LogP contribution in [0.2, 0.25) is 0 Å². The average molecular weight is 691 g/mol. The average Bonchev–Trinajstić information content (AvgIpc) is 3.73. The standard InChI is InChI=1S/C34H43FN10O5/c1-19-5-2-6-24-29(19)21(17-41-24)16-26(30(37)47)43-28(46)18-42-31(48)25(7-3-13-40-34(38)39)44-32(49)27-8-4-14-45(27)33(50)23(36)15-20-9-11-22(35)12-10-20/h2,4-6,8-12,17,23,25-27,41H,3,7,13-16,18,36H2,1H3,(H2,37,47)(H,42,48)(H,43,46)(H,44,49)(H4,38,39,40)/t23-,25-,26-,27-/m0/s1. The first-order valence-corrected chi connectivity index (χ1v) is 16.1. The number of primary amides is 1. The highest BCUT2D eigenvalue weighted by Gasteiger charge is 2.35. The molecule has 0 saturated carbocycles. The second-order valence-electron chi connectivity index (χ2n) is 12.1. The van der Waals surface area contributed by atoms with Crippen molar-refractivity contribution >= 4 is 46.4 Å². The van der Waals surface area contributed by atoms with Crippen molar-refractivity contribution in [3.05, 3.63) is 83.3 Å². The van der Waals surface area contributed by atoms with Gasteiger partial charge in [0, 0.05) is 36.6 Å². The SMILES string of the molecule is Cc1cccc2[nH]cc(C[C@H](NC(=O)CNC(=O)[C@H](CCCN=C(N)N)NC(=O)[C@@H]3C=CCN3C(=O)[C@@H](N)Cc3ccc(F)cc3)C(N)=O)c12. The quantitative estimate of drug-likeness (QED) is 0.0404. The summed E-state index contributed by atoms with van der Waals surface area (Å²) in [5, 5.41) is 8.66. The molecule has 15 nitrogen and oxygen atoms in total. The van der Waals surface area contributed by atoms with Crippen LogP contribution < -0.4 is 38.9 Å². The first kappa shape index (κ1) is 37.1. The van der Waals surface area contributed by atoms with Gasteiger partial charge in [-0.3, -0.25) is 29.0 Å². The smallest absolute Gasteiger partial charge is 0.247 e. The molecule has 16 heteroatoms. The Balaban J connectivity index is 1.37. The molecule has 0 unspecified atom stereocenters. The fourth-order valence-corrected chi connectivity index (χ4v) is 5.77. The van der Waals surface area contributed by atoms with Crippen LogP contribution in [0.5, 0.6) is 0 Å². The van der Waals surface area contributed by atoms with Crippen molar-refractivity contribution in [2.75, 3.05) is 19.6 Å². The molecule has 1 aromatic heterocycles. The van der Waals surface area contributed by atoms with Gasteiger partial charge in [-0.15, -0.1) is 0 Å². The second-order valence-corrected chi connectivity index (χ2v) is 12.1. The first-order valence-electron chi connectivity index (χ1n) is 16.1. The molecule has 12 N–H and O–H groups in total. The molecule has 0 spiro atoms. The summed E-state index contributed by atoms with van der Waals surface area (Å²) in [6, 6.07) is 7.08. The largest absolute Gasteiger partial charge is 0.370 e. The molecule has 4 rings (SSSR count). The van der Waals surface area contributed by atoms with E-state index in [1.54, 1.807) is 12.3 Å². The summed E-state index contributed by atoms with van der Waals surface area (Å²) in [4.78, 5) is 73.5. The second kappa shape index (κ2) is 17.1. The Kier molecular flexibility index (Phi) is 12.6. The van der Waals surface area contributed by atoms with Crippen LogP contribution in [0.15, 0.2) is 65.8 Å². The normalized spacial score (nSPS) is 15.6. The Morgan fingerprint density at radius 1 is 1.02 bits per heavy atom. The summed E-state index contributed by atoms with van der Waals surface area (Å²) >= 11 is 0. The van der Waals surface area contributed by atoms with Crippen LogP contribution in [-0.2, 0) is 36.8 Å². The highest BCUT2D eigenvalue weighted by molar-refractivity contribution is 5.96. The Labute approximate surface area is 288 Å². The third-order valence-corrected chi connectivity index (χ3v) is 8.29. The first-order chi connectivity index (χ1) is 23.8. The van der Waals surface area contributed by atoms with E-state index >= 15 is 0 Å². The molecular formula is C34H43FN10O5. The van der Waals surface area contributed by atoms with Crippen LogP contribution in [0.1, 0.15) is 29.5 Å². The van der Waals surface area contributed by atoms with Gasteiger partial charge in [-0.05, 0) is 61.1 Å². The van der Waals surface area contributed by atoms with Gasteiger partial charge in [-0.1, -0.05) is 36.4 Å². The van der Waals surface area contributed by atoms with Gasteiger partial charge < -0.3 is 48.8 Å². The molecule has 2 heterocycles. The van der Waals surface area contributed by atoms with Crippen molar-refractivity contribution < 1.29 is 28.4 Å². The van der Waals surface area contributed by atoms with Crippen LogP contribution in [0.3, 0.4) is 0 Å². The van der Waals surface area contributed by atoms with Crippen LogP contribution in [0, 0.1) is 12.7 Å². The van der Waals surface area contributed by atoms with Gasteiger partial charge in [0.25, 0.3) is 0 Å². The minimum absolute atomic E-state index is 0.0915. The third kappa shape index (κ3) is 9.88. The van der Waals surface area contributed by atoms with Crippen LogP contribution in [-0.4, -0.2) is 89.2 Å². The minimum atomic E-state index is -1.13. The lowest BCUT2D eigenvalue weighted by molar-refractivity contribution is -0.139. The van der Waals surface area contributed by atoms with Crippen molar-refractivity contribution in [1.82, 2.24) is 25.8 Å². The zero-order valence-corrected chi connectivity index (χ0v) is 27.7. The maximum atomic E-state index is 13.4. The van der Waals surface area contributed by atoms with Gasteiger partial charge >= 0.3 is 0 Å². The van der Waals surface area contributed by atoms with Gasteiger partial charge in [0.2, 0.25) is 29.5 Å². The number of aryl methyl sites for hydroxylation is 1. The number of amides is 5. The number of carbonyl (C=O) groups is 5. The van der Waals surface area contributed by atoms with Crippen molar-refractivity contribution in [3.8, 4) is 0 Å². The number of H-pyrrole nitrogens is 1. The van der Waals surface area contributed by atoms with E-state index in [0.29, 0.717) is 12.0 Å². The third-order valence-electron chi connectivity index (χ3n) is 8.29. The van der Waals surface area contributed by atoms with E-state index in [0.717, 1.165) is 22.0 Å². The van der Waals surface area contributed by atoms with Gasteiger partial charge in [-0.25, -0.2) is 4.39 Å². The number of nitrogens with two attached hydrogens (primary N) is 4. The molecule has 266 valence electrons. The number of rotatable bonds is 16. The number of benzene rings is 2. The Hall–Kier alpha value is -5.77. The number of fused-ring (bicyclic) bond motifs is 1. The molecule has 4 atom stereocenters. The molecule has 0 aliphatic carbocycles. The van der Waals surface area contributed by atoms with Crippen LogP contribution in [0.4, 0.5) is 4.39 Å². The minimum Gasteiger partial charge on any atom is -0.370 e. The van der Waals surface area contributed by atoms with E-state index in [1.165, 1.54) is 35.2 Å². The molecule has 0 bridgehead atoms. The summed E-state index contributed by atoms with van der Waals surface area (Å²) < 4.78 is 13.3. The molecule has 50 heavy (non-hydrogen) atoms. The molecule has 3 aromatic rings. The predicted molar refractivity (Wildman–Crippen MR) is 185 cm³/mol. The monoisotopic (exact) mass is 690 g/mol. The number of guanidine groups is 1. The zero-order valence-electron chi connectivity index (χ0n) is 27.7. The van der Waals surface area contributed by atoms with Crippen molar-refractivity contribution in [2.45, 2.75) is 56.8 Å². The Morgan fingerprint density at radius 3 is 2.46 bits per heavy atom. The summed E-state index contributed by atoms with van der Waals surface area (Å²) in [5.74, 6) is -3.81. The van der Waals surface area contributed by atoms with E-state index in [1.807, 2.05) is 25.1 Å². The van der Waals surface area contributed by atoms with Crippen molar-refractivity contribution in [3.63, 3.8) is 0 Å². The summed E-state index contributed by atoms with van der Waals surface area (Å²) in [6.07, 6.45) is 5.55. The lowest BCUT2D eigenvalue weighted by Crippen LogP contribution is -2.56. The summed E-state index contributed by atoms with van der Waals surface area (Å²) in [6.45, 7) is 1.71. The van der Waals surface area contributed by atoms with E-state index in [2.05, 4.69) is 25.9 Å². The summed E-state index contributed by atoms with van der Waals surface area (Å²) in [5.41, 5.74) is 25.9. The number of nitrogens with one attached hydrogen (secondary N) is 4. The Morgan fingerprint density at radius 2 is 1.76 bits per heavy atom. The van der Waals surface area contributed by atoms with Crippen LogP contribution >= 0.6 is 0 Å². The van der Waals surface area contributed by atoms with Gasteiger partial charge in [0.15, 0.2) is 5.96 Å². The van der Waals surface area contributed by atoms with E-state index < -0.39 is 66.1 Å². The highest BCUT2D eigenvalue weighted by Crippen LogP contribution is 2.23. The van der Waals surface area contributed by atoms with E-state index in [9.17, 15) is 28.4 Å². The van der Waals surface area contributed by atoms with Crippen molar-refractivity contribution in [1.29, 1.82) is 0 Å². The molecule has 1 aliphatic rings. The Bertz CT molecular complexity index is 1770.